The molecule has 8 rings (SSSR count). The molecule has 2 unspecified atom stereocenters. The number of imidazole rings is 1. The highest BCUT2D eigenvalue weighted by Gasteiger charge is 2.48. The fourth-order valence-electron chi connectivity index (χ4n) is 8.22. The van der Waals surface area contributed by atoms with Crippen LogP contribution in [0.25, 0.3) is 11.2 Å². The Bertz CT molecular complexity index is 2900. The van der Waals surface area contributed by atoms with Crippen molar-refractivity contribution in [1.29, 1.82) is 0 Å². The maximum absolute atomic E-state index is 13.8. The van der Waals surface area contributed by atoms with E-state index in [1.165, 1.54) is 41.4 Å². The Labute approximate surface area is 417 Å². The smallest absolute Gasteiger partial charge is 0.410 e. The van der Waals surface area contributed by atoms with Crippen LogP contribution in [0.15, 0.2) is 78.2 Å². The molecule has 0 radical (unpaired) electrons. The van der Waals surface area contributed by atoms with Crippen molar-refractivity contribution in [2.75, 3.05) is 30.9 Å². The largest absolute Gasteiger partial charge is 0.474 e. The van der Waals surface area contributed by atoms with Crippen molar-refractivity contribution in [3.63, 3.8) is 0 Å². The van der Waals surface area contributed by atoms with Gasteiger partial charge >= 0.3 is 22.6 Å². The molecule has 7 N–H and O–H groups in total. The number of amides is 4. The zero-order valence-corrected chi connectivity index (χ0v) is 41.9. The van der Waals surface area contributed by atoms with Crippen LogP contribution in [0.3, 0.4) is 0 Å². The van der Waals surface area contributed by atoms with Crippen LogP contribution in [-0.2, 0) is 59.4 Å². The number of anilines is 2. The molecule has 1 aliphatic carbocycles. The maximum Gasteiger partial charge on any atom is 0.410 e. The minimum Gasteiger partial charge on any atom is -0.474 e. The molecule has 73 heavy (non-hydrogen) atoms. The zero-order valence-electron chi connectivity index (χ0n) is 39.9. The molecular formula is C45H55N11O15P2. The summed E-state index contributed by atoms with van der Waals surface area (Å²) in [6.07, 6.45) is -2.48. The third-order valence-corrected chi connectivity index (χ3v) is 14.0. The number of nitrogens with zero attached hydrogens (tertiary/aromatic N) is 6. The van der Waals surface area contributed by atoms with E-state index < -0.39 is 107 Å². The van der Waals surface area contributed by atoms with Crippen LogP contribution in [0.4, 0.5) is 16.4 Å². The van der Waals surface area contributed by atoms with Crippen molar-refractivity contribution in [3.05, 3.63) is 100 Å². The summed E-state index contributed by atoms with van der Waals surface area (Å²) in [6.45, 7) is 4.40. The molecule has 1 saturated carbocycles. The molecule has 26 nitrogen and oxygen atoms in total. The highest BCUT2D eigenvalue weighted by Crippen LogP contribution is 2.44. The summed E-state index contributed by atoms with van der Waals surface area (Å²) in [4.78, 5) is 85.6. The normalized spacial score (nSPS) is 25.0. The predicted molar refractivity (Wildman–Crippen MR) is 258 cm³/mol. The fourth-order valence-corrected chi connectivity index (χ4v) is 10.0. The first-order valence-corrected chi connectivity index (χ1v) is 25.6. The summed E-state index contributed by atoms with van der Waals surface area (Å²) >= 11 is 0. The molecule has 11 atom stereocenters. The van der Waals surface area contributed by atoms with Gasteiger partial charge in [0.05, 0.1) is 31.7 Å². The van der Waals surface area contributed by atoms with Gasteiger partial charge in [0, 0.05) is 49.4 Å². The molecule has 5 aromatic rings. The first kappa shape index (κ1) is 52.8. The maximum atomic E-state index is 13.8. The van der Waals surface area contributed by atoms with Crippen LogP contribution in [0, 0.1) is 11.8 Å². The number of hydrogen-bond donors (Lipinski definition) is 6. The van der Waals surface area contributed by atoms with E-state index in [0.717, 1.165) is 0 Å². The van der Waals surface area contributed by atoms with Crippen LogP contribution in [0.1, 0.15) is 61.3 Å². The SMILES string of the molecule is CC(C)[C@H](N)C(=O)N[C@@H](C)C(=O)Nc1ccc(COC(=O)N(C)Cc2ccccc2C(=O)Nc2nc3c(ncn3[C@@H]3O[C@@H]4CO[PH](=O)O[C@H]5C[C@H](Oc6ccncn6)C[C@@H]5CO[PH](=O)O[C@@H]3[C@@H]4O)c(=O)[nH]2)cc1. The zero-order chi connectivity index (χ0) is 51.9. The van der Waals surface area contributed by atoms with E-state index >= 15 is 0 Å². The minimum atomic E-state index is -3.36. The summed E-state index contributed by atoms with van der Waals surface area (Å²) in [5, 5.41) is 19.3. The Hall–Kier alpha value is -6.47. The molecule has 28 heteroatoms. The Kier molecular flexibility index (Phi) is 17.1. The van der Waals surface area contributed by atoms with Crippen LogP contribution in [0.5, 0.6) is 5.88 Å². The molecule has 2 aromatic carbocycles. The van der Waals surface area contributed by atoms with Gasteiger partial charge in [0.1, 0.15) is 43.4 Å². The van der Waals surface area contributed by atoms with Gasteiger partial charge in [-0.1, -0.05) is 44.2 Å². The standard InChI is InChI=1S/C45H55N11O15P2/c1-23(2)34(46)41(60)50-24(3)39(58)51-28-11-9-25(10-12-28)18-65-45(62)55(4)17-26-7-5-6-8-30(26)40(59)53-44-52-38-35(42(61)54-44)49-22-56(38)43-37-36(57)32(69-43)20-67-72(63)70-31-16-29(68-33-13-14-47-21-48-33)15-27(31)19-66-73(64)71-37/h5-14,21-24,27,29,31-32,34,36-37,43,57,72-73H,15-20,46H2,1-4H3,(H,50,60)(H,51,58)(H2,52,53,54,59,61)/t24-,27+,29+,31-,32+,34-,36+,37+,43+/m0/s1. The number of aliphatic hydroxyl groups excluding tert-OH is 1. The minimum absolute atomic E-state index is 0.0678. The molecular weight excluding hydrogens is 997 g/mol. The lowest BCUT2D eigenvalue weighted by Gasteiger charge is -2.23. The number of carbonyl (C=O) groups excluding carboxylic acids is 4. The van der Waals surface area contributed by atoms with Crippen molar-refractivity contribution in [2.24, 2.45) is 17.6 Å². The molecule has 0 spiro atoms. The molecule has 2 aliphatic heterocycles. The Morgan fingerprint density at radius 1 is 0.959 bits per heavy atom. The number of hydrogen-bond acceptors (Lipinski definition) is 20. The van der Waals surface area contributed by atoms with E-state index in [1.807, 2.05) is 0 Å². The molecule has 3 fully saturated rings. The molecule has 5 heterocycles. The average Bonchev–Trinajstić information content (AvgIpc) is 4.06. The molecule has 4 amide bonds. The second kappa shape index (κ2) is 23.6. The van der Waals surface area contributed by atoms with E-state index in [-0.39, 0.29) is 48.4 Å². The van der Waals surface area contributed by atoms with Crippen molar-refractivity contribution in [1.82, 2.24) is 39.7 Å². The van der Waals surface area contributed by atoms with Crippen molar-refractivity contribution in [2.45, 2.75) is 95.6 Å². The fraction of sp³-hybridized carbons (Fsp3) is 0.444. The third kappa shape index (κ3) is 13.0. The summed E-state index contributed by atoms with van der Waals surface area (Å²) < 4.78 is 68.2. The number of nitrogens with two attached hydrogens (primary N) is 1. The van der Waals surface area contributed by atoms with Gasteiger partial charge in [-0.05, 0) is 48.6 Å². The van der Waals surface area contributed by atoms with Gasteiger partial charge in [-0.2, -0.15) is 4.98 Å². The van der Waals surface area contributed by atoms with Gasteiger partial charge in [-0.3, -0.25) is 47.7 Å². The topological polar surface area (TPSA) is 342 Å². The lowest BCUT2D eigenvalue weighted by Crippen LogP contribution is -2.50. The number of aromatic nitrogens is 6. The van der Waals surface area contributed by atoms with Crippen molar-refractivity contribution in [3.8, 4) is 5.88 Å². The van der Waals surface area contributed by atoms with E-state index in [4.69, 9.17) is 38.0 Å². The number of aliphatic hydroxyl groups is 1. The molecule has 390 valence electrons. The molecule has 3 aromatic heterocycles. The van der Waals surface area contributed by atoms with E-state index in [9.17, 15) is 38.2 Å². The summed E-state index contributed by atoms with van der Waals surface area (Å²) in [5.74, 6) is -2.08. The van der Waals surface area contributed by atoms with Crippen LogP contribution in [-0.4, -0.2) is 126 Å². The molecule has 3 aliphatic rings. The highest BCUT2D eigenvalue weighted by atomic mass is 31.1. The van der Waals surface area contributed by atoms with Gasteiger partial charge in [0.25, 0.3) is 11.5 Å². The van der Waals surface area contributed by atoms with Crippen molar-refractivity contribution >= 4 is 63.1 Å². The number of aromatic amines is 1. The number of fused-ring (bicyclic) bond motifs is 4. The third-order valence-electron chi connectivity index (χ3n) is 12.3. The average molecular weight is 1050 g/mol. The van der Waals surface area contributed by atoms with E-state index in [2.05, 4.69) is 40.9 Å². The Morgan fingerprint density at radius 3 is 2.47 bits per heavy atom. The van der Waals surface area contributed by atoms with Gasteiger partial charge in [-0.15, -0.1) is 0 Å². The number of H-pyrrole nitrogens is 1. The van der Waals surface area contributed by atoms with Gasteiger partial charge in [0.15, 0.2) is 17.4 Å². The number of nitrogens with one attached hydrogen (secondary N) is 4. The summed E-state index contributed by atoms with van der Waals surface area (Å²) in [6, 6.07) is 13.0. The van der Waals surface area contributed by atoms with Gasteiger partial charge in [-0.25, -0.2) is 19.7 Å². The van der Waals surface area contributed by atoms with Gasteiger partial charge in [0.2, 0.25) is 23.6 Å². The van der Waals surface area contributed by atoms with E-state index in [1.54, 1.807) is 69.3 Å². The number of benzene rings is 2. The first-order valence-electron chi connectivity index (χ1n) is 23.1. The molecule has 2 bridgehead atoms. The number of rotatable bonds is 14. The van der Waals surface area contributed by atoms with Crippen LogP contribution in [0.2, 0.25) is 0 Å². The summed E-state index contributed by atoms with van der Waals surface area (Å²) in [5.41, 5.74) is 6.43. The monoisotopic (exact) mass is 1050 g/mol. The quantitative estimate of drug-likeness (QED) is 0.0870. The first-order chi connectivity index (χ1) is 35.0. The lowest BCUT2D eigenvalue weighted by atomic mass is 10.0. The highest BCUT2D eigenvalue weighted by molar-refractivity contribution is 7.33. The van der Waals surface area contributed by atoms with Crippen molar-refractivity contribution < 1.29 is 65.7 Å². The van der Waals surface area contributed by atoms with Crippen LogP contribution < -0.4 is 32.0 Å². The van der Waals surface area contributed by atoms with Gasteiger partial charge < -0.3 is 54.2 Å². The van der Waals surface area contributed by atoms with Crippen LogP contribution >= 0.6 is 16.5 Å². The Morgan fingerprint density at radius 2 is 1.71 bits per heavy atom. The van der Waals surface area contributed by atoms with E-state index in [0.29, 0.717) is 35.5 Å². The number of ether oxygens (including phenoxy) is 3. The second-order valence-corrected chi connectivity index (χ2v) is 19.9. The predicted octanol–water partition coefficient (Wildman–Crippen LogP) is 3.07. The second-order valence-electron chi connectivity index (χ2n) is 17.9. The molecule has 2 saturated heterocycles. The summed E-state index contributed by atoms with van der Waals surface area (Å²) in [7, 11) is -5.05. The number of carbonyl (C=O) groups is 4. The lowest BCUT2D eigenvalue weighted by molar-refractivity contribution is -0.127. The Balaban J connectivity index is 0.888.